The molecule has 0 saturated carbocycles. The fourth-order valence-corrected chi connectivity index (χ4v) is 0.962. The molecule has 0 atom stereocenters. The Morgan fingerprint density at radius 3 is 2.20 bits per heavy atom. The van der Waals surface area contributed by atoms with Crippen molar-refractivity contribution >= 4 is 71.2 Å². The van der Waals surface area contributed by atoms with Crippen LogP contribution in [0.3, 0.4) is 0 Å². The van der Waals surface area contributed by atoms with Crippen LogP contribution < -0.4 is 10.5 Å². The molecule has 1 rings (SSSR count). The van der Waals surface area contributed by atoms with Crippen molar-refractivity contribution in [3.63, 3.8) is 0 Å². The molecule has 0 aromatic carbocycles. The van der Waals surface area contributed by atoms with Crippen LogP contribution in [-0.2, 0) is 0 Å². The van der Waals surface area contributed by atoms with E-state index in [-0.39, 0.29) is 0 Å². The van der Waals surface area contributed by atoms with Gasteiger partial charge in [0.15, 0.2) is 0 Å². The summed E-state index contributed by atoms with van der Waals surface area (Å²) in [4.78, 5) is 3.90. The van der Waals surface area contributed by atoms with Crippen LogP contribution in [0, 0.1) is 0 Å². The van der Waals surface area contributed by atoms with Crippen molar-refractivity contribution in [2.45, 2.75) is 0 Å². The number of methoxy groups -OCH3 is 1. The Morgan fingerprint density at radius 2 is 1.87 bits per heavy atom. The van der Waals surface area contributed by atoms with Gasteiger partial charge in [0.05, 0.1) is 12.8 Å². The minimum absolute atomic E-state index is 0.461. The molecule has 2 N–H and O–H groups in total. The molecule has 1 heterocycles. The molecule has 0 amide bonds. The Labute approximate surface area is 115 Å². The van der Waals surface area contributed by atoms with Crippen molar-refractivity contribution in [3.05, 3.63) is 16.7 Å². The van der Waals surface area contributed by atoms with Crippen molar-refractivity contribution < 1.29 is 4.74 Å². The summed E-state index contributed by atoms with van der Waals surface area (Å²) in [5.74, 6) is 0.461. The molecule has 0 radical (unpaired) electrons. The van der Waals surface area contributed by atoms with Gasteiger partial charge in [-0.15, -0.1) is 0 Å². The second-order valence-corrected chi connectivity index (χ2v) is 28.5. The van der Waals surface area contributed by atoms with Crippen LogP contribution in [0.5, 0.6) is 5.88 Å². The number of nitrogens with zero attached hydrogens (tertiary/aromatic N) is 1. The van der Waals surface area contributed by atoms with Crippen LogP contribution in [0.1, 0.15) is 0 Å². The number of nitrogens with two attached hydrogens (primary N) is 1. The van der Waals surface area contributed by atoms with E-state index in [0.29, 0.717) is 11.6 Å². The van der Waals surface area contributed by atoms with E-state index in [9.17, 15) is 0 Å². The Kier molecular flexibility index (Phi) is 8.10. The van der Waals surface area contributed by atoms with Crippen LogP contribution in [0.4, 0.5) is 5.69 Å². The summed E-state index contributed by atoms with van der Waals surface area (Å²) in [6.45, 7) is 0. The van der Waals surface area contributed by atoms with Crippen LogP contribution in [0.2, 0.25) is 0 Å². The number of pyridine rings is 1. The predicted octanol–water partition coefficient (Wildman–Crippen LogP) is 3.81. The molecule has 0 bridgehead atoms. The van der Waals surface area contributed by atoms with Crippen LogP contribution in [0.15, 0.2) is 16.7 Å². The van der Waals surface area contributed by atoms with Gasteiger partial charge in [-0.25, -0.2) is 4.98 Å². The fourth-order valence-electron chi connectivity index (χ4n) is 0.613. The maximum absolute atomic E-state index is 5.51. The number of aromatic nitrogens is 1. The quantitative estimate of drug-likeness (QED) is 0.645. The molecule has 0 unspecified atom stereocenters. The zero-order valence-corrected chi connectivity index (χ0v) is 14.9. The van der Waals surface area contributed by atoms with Gasteiger partial charge in [-0.1, -0.05) is 0 Å². The first kappa shape index (κ1) is 16.2. The summed E-state index contributed by atoms with van der Waals surface area (Å²) in [6, 6.07) is 1.74. The second-order valence-electron chi connectivity index (χ2n) is 2.18. The third-order valence-corrected chi connectivity index (χ3v) is 1.47. The van der Waals surface area contributed by atoms with Crippen LogP contribution >= 0.6 is 51.6 Å². The molecular formula is C6H7BrCl4N2OSn. The summed E-state index contributed by atoms with van der Waals surface area (Å²) < 4.78 is 5.70. The van der Waals surface area contributed by atoms with E-state index < -0.39 is 13.9 Å². The van der Waals surface area contributed by atoms with Crippen molar-refractivity contribution in [2.75, 3.05) is 12.8 Å². The molecule has 0 fully saturated rings. The van der Waals surface area contributed by atoms with Crippen molar-refractivity contribution in [2.24, 2.45) is 0 Å². The molecule has 0 aliphatic rings. The van der Waals surface area contributed by atoms with E-state index in [1.165, 1.54) is 7.11 Å². The van der Waals surface area contributed by atoms with E-state index >= 15 is 0 Å². The van der Waals surface area contributed by atoms with Gasteiger partial charge in [-0.05, 0) is 22.0 Å². The van der Waals surface area contributed by atoms with E-state index in [1.54, 1.807) is 12.3 Å². The van der Waals surface area contributed by atoms with Crippen LogP contribution in [-0.4, -0.2) is 26.0 Å². The Hall–Kier alpha value is 1.19. The monoisotopic (exact) mass is 462 g/mol. The van der Waals surface area contributed by atoms with Gasteiger partial charge in [-0.2, -0.15) is 0 Å². The summed E-state index contributed by atoms with van der Waals surface area (Å²) in [5, 5.41) is 0. The van der Waals surface area contributed by atoms with Crippen molar-refractivity contribution in [1.82, 2.24) is 4.98 Å². The number of hydrogen-bond donors (Lipinski definition) is 1. The van der Waals surface area contributed by atoms with E-state index in [2.05, 4.69) is 20.9 Å². The van der Waals surface area contributed by atoms with Crippen molar-refractivity contribution in [1.29, 1.82) is 0 Å². The molecule has 3 nitrogen and oxygen atoms in total. The fraction of sp³-hybridized carbons (Fsp3) is 0.167. The standard InChI is InChI=1S/C6H7BrN2O.4ClH.Sn/c1-10-6-5(8)2-4(7)3-9-6;;;;;/h2-3H,8H2,1H3;4*1H;/q;;;;;+4/p-4. The Balaban J connectivity index is 0.000000336. The number of rotatable bonds is 1. The maximum atomic E-state index is 5.51. The average molecular weight is 464 g/mol. The zero-order valence-electron chi connectivity index (χ0n) is 7.48. The first-order valence-corrected chi connectivity index (χ1v) is 18.7. The van der Waals surface area contributed by atoms with Crippen molar-refractivity contribution in [3.8, 4) is 5.88 Å². The molecule has 9 heteroatoms. The SMILES string of the molecule is COc1ncc(Br)cc1N.[Cl][Sn]([Cl])([Cl])[Cl]. The molecule has 1 aromatic heterocycles. The number of nitrogen functional groups attached to an aromatic ring is 1. The Morgan fingerprint density at radius 1 is 1.40 bits per heavy atom. The molecule has 0 aliphatic heterocycles. The summed E-state index contributed by atoms with van der Waals surface area (Å²) in [7, 11) is 21.7. The first-order valence-electron chi connectivity index (χ1n) is 3.44. The van der Waals surface area contributed by atoms with Gasteiger partial charge in [0.2, 0.25) is 5.88 Å². The molecule has 0 spiro atoms. The molecule has 1 aromatic rings. The summed E-state index contributed by atoms with van der Waals surface area (Å²) >= 11 is -0.0637. The third kappa shape index (κ3) is 10.1. The van der Waals surface area contributed by atoms with E-state index in [4.69, 9.17) is 46.2 Å². The molecule has 86 valence electrons. The van der Waals surface area contributed by atoms with Gasteiger partial charge >= 0.3 is 49.6 Å². The normalized spacial score (nSPS) is 10.3. The van der Waals surface area contributed by atoms with Gasteiger partial charge in [0.1, 0.15) is 0 Å². The number of ether oxygens (including phenoxy) is 1. The van der Waals surface area contributed by atoms with E-state index in [1.807, 2.05) is 0 Å². The van der Waals surface area contributed by atoms with Crippen LogP contribution in [0.25, 0.3) is 0 Å². The number of halogens is 5. The topological polar surface area (TPSA) is 48.1 Å². The predicted molar refractivity (Wildman–Crippen MR) is 72.1 cm³/mol. The van der Waals surface area contributed by atoms with E-state index in [0.717, 1.165) is 4.47 Å². The van der Waals surface area contributed by atoms with Gasteiger partial charge in [-0.3, -0.25) is 0 Å². The molecule has 0 saturated heterocycles. The van der Waals surface area contributed by atoms with Gasteiger partial charge in [0, 0.05) is 10.7 Å². The zero-order chi connectivity index (χ0) is 12.1. The summed E-state index contributed by atoms with van der Waals surface area (Å²) in [6.07, 6.45) is 1.63. The third-order valence-electron chi connectivity index (χ3n) is 1.04. The minimum atomic E-state index is -3.29. The molecule has 15 heavy (non-hydrogen) atoms. The number of hydrogen-bond acceptors (Lipinski definition) is 3. The molecule has 0 aliphatic carbocycles. The first-order chi connectivity index (χ1) is 6.74. The summed E-state index contributed by atoms with van der Waals surface area (Å²) in [5.41, 5.74) is 6.05. The second kappa shape index (κ2) is 7.50. The van der Waals surface area contributed by atoms with Gasteiger partial charge < -0.3 is 10.5 Å². The number of anilines is 1. The Bertz CT molecular complexity index is 316. The molecular weight excluding hydrogens is 457 g/mol. The van der Waals surface area contributed by atoms with Gasteiger partial charge in [0.25, 0.3) is 0 Å². The average Bonchev–Trinajstić information content (AvgIpc) is 2.01.